The summed E-state index contributed by atoms with van der Waals surface area (Å²) in [6.45, 7) is -0.556. The average Bonchev–Trinajstić information content (AvgIpc) is 3.06. The number of aromatic hydroxyl groups is 1. The molecule has 59 heavy (non-hydrogen) atoms. The predicted octanol–water partition coefficient (Wildman–Crippen LogP) is 1.97. The summed E-state index contributed by atoms with van der Waals surface area (Å²) < 4.78 is 187. The maximum absolute atomic E-state index is 12.9. The lowest BCUT2D eigenvalue weighted by Crippen LogP contribution is -2.16. The summed E-state index contributed by atoms with van der Waals surface area (Å²) in [5.41, 5.74) is -0.217. The van der Waals surface area contributed by atoms with Gasteiger partial charge in [-0.05, 0) is 72.6 Å². The van der Waals surface area contributed by atoms with Gasteiger partial charge in [0.05, 0.1) is 40.2 Å². The Morgan fingerprint density at radius 2 is 1.19 bits per heavy atom. The van der Waals surface area contributed by atoms with Gasteiger partial charge in [-0.1, -0.05) is 0 Å². The van der Waals surface area contributed by atoms with Crippen molar-refractivity contribution in [3.05, 3.63) is 70.8 Å². The Bertz CT molecular complexity index is 3020. The van der Waals surface area contributed by atoms with E-state index >= 15 is 0 Å². The van der Waals surface area contributed by atoms with Gasteiger partial charge in [0.15, 0.2) is 19.7 Å². The number of sulfone groups is 2. The minimum atomic E-state index is -5.26. The Kier molecular flexibility index (Phi) is 14.2. The molecule has 1 aromatic heterocycles. The van der Waals surface area contributed by atoms with E-state index in [4.69, 9.17) is 20.7 Å². The van der Waals surface area contributed by atoms with Crippen molar-refractivity contribution in [3.8, 4) is 5.75 Å². The van der Waals surface area contributed by atoms with Gasteiger partial charge in [0.25, 0.3) is 20.2 Å². The first-order valence-corrected chi connectivity index (χ1v) is 24.6. The zero-order valence-corrected chi connectivity index (χ0v) is 34.8. The van der Waals surface area contributed by atoms with E-state index in [1.54, 1.807) is 0 Å². The lowest BCUT2D eigenvalue weighted by Gasteiger charge is -2.13. The van der Waals surface area contributed by atoms with Gasteiger partial charge in [-0.25, -0.2) is 30.2 Å². The van der Waals surface area contributed by atoms with Gasteiger partial charge in [0.1, 0.15) is 27.1 Å². The van der Waals surface area contributed by atoms with Crippen molar-refractivity contribution in [3.63, 3.8) is 0 Å². The Morgan fingerprint density at radius 3 is 1.73 bits per heavy atom. The molecule has 6 N–H and O–H groups in total. The average molecular weight is 967 g/mol. The number of rotatable bonds is 18. The quantitative estimate of drug-likeness (QED) is 0.0613. The van der Waals surface area contributed by atoms with Crippen molar-refractivity contribution in [2.75, 3.05) is 30.0 Å². The molecule has 0 amide bonds. The van der Waals surface area contributed by atoms with Crippen LogP contribution < -0.4 is 5.32 Å². The van der Waals surface area contributed by atoms with Gasteiger partial charge in [-0.15, -0.1) is 5.11 Å². The lowest BCUT2D eigenvalue weighted by molar-refractivity contribution is 0.282. The molecule has 0 radical (unpaired) electrons. The Hall–Kier alpha value is -4.38. The first-order chi connectivity index (χ1) is 26.9. The van der Waals surface area contributed by atoms with Gasteiger partial charge < -0.3 is 10.4 Å². The van der Waals surface area contributed by atoms with E-state index in [0.29, 0.717) is 17.7 Å². The van der Waals surface area contributed by atoms with E-state index in [9.17, 15) is 64.7 Å². The lowest BCUT2D eigenvalue weighted by atomic mass is 10.1. The Balaban J connectivity index is 1.59. The number of hydrogen-bond acceptors (Lipinski definition) is 21. The molecule has 1 heterocycles. The van der Waals surface area contributed by atoms with E-state index in [-0.39, 0.29) is 23.1 Å². The molecule has 0 aliphatic heterocycles. The van der Waals surface area contributed by atoms with Crippen LogP contribution in [0.15, 0.2) is 78.3 Å². The van der Waals surface area contributed by atoms with Crippen molar-refractivity contribution >= 4 is 95.3 Å². The number of phenolic OH excluding ortho intramolecular Hbond substituents is 1. The molecular weight excluding hydrogens is 940 g/mol. The molecule has 0 bridgehead atoms. The first-order valence-electron chi connectivity index (χ1n) is 15.3. The van der Waals surface area contributed by atoms with E-state index in [1.165, 1.54) is 25.1 Å². The van der Waals surface area contributed by atoms with Crippen molar-refractivity contribution in [1.29, 1.82) is 0 Å². The number of hydrogen-bond donors (Lipinski definition) is 6. The predicted molar refractivity (Wildman–Crippen MR) is 200 cm³/mol. The van der Waals surface area contributed by atoms with Crippen LogP contribution in [0.4, 0.5) is 23.0 Å². The molecule has 0 atom stereocenters. The standard InChI is InChI=1S/C27H27ClN6O19S6/c1-15-10-17(2-4-20(15)33-34-21-5-3-18(13-22(21)56(40,41)42)54(36,37)8-6-52-58(46,47)48)29-27-31-24(30-26(28)32-27)12-16-11-19(14-23(25(16)35)57(43,44)45)55(38,39)9-7-53-59(49,50)51/h2-5,10-11,13-14,35H,6-9,12H2,1H3,(H,40,41,42)(H,43,44,45)(H,46,47,48)(H,49,50,51)(H,29,30,31,32). The van der Waals surface area contributed by atoms with E-state index in [0.717, 1.165) is 18.2 Å². The number of nitrogens with zero attached hydrogens (tertiary/aromatic N) is 5. The highest BCUT2D eigenvalue weighted by Crippen LogP contribution is 2.34. The number of anilines is 2. The fourth-order valence-electron chi connectivity index (χ4n) is 4.64. The van der Waals surface area contributed by atoms with Gasteiger partial charge >= 0.3 is 20.8 Å². The van der Waals surface area contributed by atoms with Crippen LogP contribution in [-0.2, 0) is 75.5 Å². The van der Waals surface area contributed by atoms with Crippen LogP contribution in [0.5, 0.6) is 5.75 Å². The Labute approximate surface area is 340 Å². The summed E-state index contributed by atoms with van der Waals surface area (Å²) in [5, 5.41) is 20.7. The maximum Gasteiger partial charge on any atom is 0.397 e. The second-order valence-corrected chi connectivity index (χ2v) is 21.0. The molecule has 322 valence electrons. The number of aryl methyl sites for hydroxylation is 1. The third-order valence-corrected chi connectivity index (χ3v) is 13.4. The van der Waals surface area contributed by atoms with Crippen LogP contribution in [-0.4, -0.2) is 113 Å². The minimum absolute atomic E-state index is 0.120. The topological polar surface area (TPSA) is 400 Å². The fraction of sp³-hybridized carbons (Fsp3) is 0.222. The second-order valence-electron chi connectivity index (χ2n) is 11.5. The van der Waals surface area contributed by atoms with Crippen molar-refractivity contribution < 1.29 is 82.2 Å². The summed E-state index contributed by atoms with van der Waals surface area (Å²) in [7, 11) is -29.3. The van der Waals surface area contributed by atoms with Crippen LogP contribution in [0.3, 0.4) is 0 Å². The van der Waals surface area contributed by atoms with Gasteiger partial charge in [-0.3, -0.25) is 18.2 Å². The van der Waals surface area contributed by atoms with Crippen molar-refractivity contribution in [1.82, 2.24) is 15.0 Å². The third-order valence-electron chi connectivity index (χ3n) is 7.22. The molecule has 3 aromatic carbocycles. The van der Waals surface area contributed by atoms with Gasteiger partial charge in [0.2, 0.25) is 11.2 Å². The molecule has 4 aromatic rings. The van der Waals surface area contributed by atoms with Gasteiger partial charge in [-0.2, -0.15) is 48.8 Å². The zero-order chi connectivity index (χ0) is 44.4. The fourth-order valence-corrected chi connectivity index (χ4v) is 9.33. The monoisotopic (exact) mass is 966 g/mol. The molecule has 25 nitrogen and oxygen atoms in total. The van der Waals surface area contributed by atoms with Gasteiger partial charge in [0, 0.05) is 17.7 Å². The summed E-state index contributed by atoms with van der Waals surface area (Å²) in [5.74, 6) is -3.72. The summed E-state index contributed by atoms with van der Waals surface area (Å²) in [6.07, 6.45) is -0.630. The maximum atomic E-state index is 12.9. The highest BCUT2D eigenvalue weighted by molar-refractivity contribution is 7.92. The van der Waals surface area contributed by atoms with Crippen LogP contribution >= 0.6 is 11.6 Å². The molecule has 0 spiro atoms. The summed E-state index contributed by atoms with van der Waals surface area (Å²) in [6, 6.07) is 7.79. The number of benzene rings is 3. The minimum Gasteiger partial charge on any atom is -0.506 e. The Morgan fingerprint density at radius 1 is 0.661 bits per heavy atom. The van der Waals surface area contributed by atoms with E-state index in [2.05, 4.69) is 38.9 Å². The molecule has 32 heteroatoms. The number of aromatic nitrogens is 3. The molecule has 0 aliphatic rings. The van der Waals surface area contributed by atoms with Crippen LogP contribution in [0.2, 0.25) is 5.28 Å². The molecule has 4 rings (SSSR count). The number of phenols is 1. The highest BCUT2D eigenvalue weighted by Gasteiger charge is 2.27. The molecule has 0 saturated heterocycles. The highest BCUT2D eigenvalue weighted by atomic mass is 35.5. The van der Waals surface area contributed by atoms with Crippen molar-refractivity contribution in [2.45, 2.75) is 32.9 Å². The smallest absolute Gasteiger partial charge is 0.397 e. The van der Waals surface area contributed by atoms with Crippen LogP contribution in [0.1, 0.15) is 17.0 Å². The zero-order valence-electron chi connectivity index (χ0n) is 29.2. The van der Waals surface area contributed by atoms with E-state index < -0.39 is 134 Å². The SMILES string of the molecule is Cc1cc(Nc2nc(Cl)nc(Cc3cc(S(=O)(=O)CCOS(=O)(=O)O)cc(S(=O)(=O)O)c3O)n2)ccc1N=Nc1ccc(S(=O)(=O)CCOS(=O)(=O)O)cc1S(=O)(=O)O. The normalized spacial score (nSPS) is 13.2. The van der Waals surface area contributed by atoms with Crippen LogP contribution in [0.25, 0.3) is 0 Å². The van der Waals surface area contributed by atoms with E-state index in [1.807, 2.05) is 0 Å². The van der Waals surface area contributed by atoms with Crippen LogP contribution in [0, 0.1) is 6.92 Å². The largest absolute Gasteiger partial charge is 0.506 e. The molecule has 0 saturated carbocycles. The first kappa shape index (κ1) is 47.3. The molecule has 0 fully saturated rings. The second kappa shape index (κ2) is 17.7. The summed E-state index contributed by atoms with van der Waals surface area (Å²) >= 11 is 6.06. The molecule has 0 aliphatic carbocycles. The van der Waals surface area contributed by atoms with Crippen molar-refractivity contribution in [2.24, 2.45) is 10.2 Å². The number of nitrogens with one attached hydrogen (secondary N) is 1. The number of azo groups is 1. The number of halogens is 1. The molecule has 0 unspecified atom stereocenters. The third kappa shape index (κ3) is 13.6. The molecular formula is C27H27ClN6O19S6. The summed E-state index contributed by atoms with van der Waals surface area (Å²) in [4.78, 5) is 8.22.